The van der Waals surface area contributed by atoms with Crippen molar-refractivity contribution in [2.24, 2.45) is 0 Å². The minimum absolute atomic E-state index is 0.602. The Hall–Kier alpha value is -2.40. The van der Waals surface area contributed by atoms with Crippen molar-refractivity contribution >= 4 is 39.1 Å². The minimum Gasteiger partial charge on any atom is -0.326 e. The molecular formula is C18H15BrN4. The molecule has 2 heterocycles. The molecular weight excluding hydrogens is 352 g/mol. The number of aromatic nitrogens is 2. The summed E-state index contributed by atoms with van der Waals surface area (Å²) in [4.78, 5) is 11.2. The maximum absolute atomic E-state index is 4.67. The lowest BCUT2D eigenvalue weighted by atomic mass is 10.2. The van der Waals surface area contributed by atoms with Crippen molar-refractivity contribution in [3.63, 3.8) is 0 Å². The van der Waals surface area contributed by atoms with Crippen molar-refractivity contribution in [1.29, 1.82) is 0 Å². The molecule has 0 bridgehead atoms. The van der Waals surface area contributed by atoms with Crippen LogP contribution in [0.15, 0.2) is 65.3 Å². The number of rotatable bonds is 3. The molecule has 4 nitrogen and oxygen atoms in total. The van der Waals surface area contributed by atoms with E-state index in [0.717, 1.165) is 28.9 Å². The molecule has 1 N–H and O–H groups in total. The third kappa shape index (κ3) is 2.92. The van der Waals surface area contributed by atoms with Crippen LogP contribution < -0.4 is 10.2 Å². The molecule has 2 aromatic carbocycles. The maximum Gasteiger partial charge on any atom is 0.229 e. The van der Waals surface area contributed by atoms with E-state index in [1.807, 2.05) is 30.3 Å². The first-order valence-electron chi connectivity index (χ1n) is 7.51. The highest BCUT2D eigenvalue weighted by molar-refractivity contribution is 9.10. The van der Waals surface area contributed by atoms with E-state index in [9.17, 15) is 0 Å². The minimum atomic E-state index is 0.602. The Morgan fingerprint density at radius 2 is 1.96 bits per heavy atom. The molecule has 1 aliphatic rings. The first kappa shape index (κ1) is 14.2. The molecule has 3 aromatic rings. The summed E-state index contributed by atoms with van der Waals surface area (Å²) < 4.78 is 1.02. The van der Waals surface area contributed by atoms with Crippen LogP contribution in [0.5, 0.6) is 0 Å². The van der Waals surface area contributed by atoms with Crippen LogP contribution in [-0.4, -0.2) is 16.5 Å². The Balaban J connectivity index is 1.62. The monoisotopic (exact) mass is 366 g/mol. The van der Waals surface area contributed by atoms with Gasteiger partial charge >= 0.3 is 0 Å². The van der Waals surface area contributed by atoms with Crippen molar-refractivity contribution in [3.05, 3.63) is 70.8 Å². The fraction of sp³-hybridized carbons (Fsp3) is 0.111. The van der Waals surface area contributed by atoms with E-state index < -0.39 is 0 Å². The van der Waals surface area contributed by atoms with Crippen LogP contribution in [0.3, 0.4) is 0 Å². The predicted octanol–water partition coefficient (Wildman–Crippen LogP) is 4.68. The summed E-state index contributed by atoms with van der Waals surface area (Å²) >= 11 is 3.47. The van der Waals surface area contributed by atoms with Gasteiger partial charge in [-0.3, -0.25) is 0 Å². The zero-order chi connectivity index (χ0) is 15.6. The number of hydrogen-bond donors (Lipinski definition) is 1. The second-order valence-electron chi connectivity index (χ2n) is 5.40. The summed E-state index contributed by atoms with van der Waals surface area (Å²) in [7, 11) is 0. The van der Waals surface area contributed by atoms with E-state index in [2.05, 4.69) is 60.4 Å². The van der Waals surface area contributed by atoms with E-state index in [1.54, 1.807) is 6.20 Å². The molecule has 0 saturated heterocycles. The molecule has 0 amide bonds. The van der Waals surface area contributed by atoms with Gasteiger partial charge in [0.2, 0.25) is 5.95 Å². The van der Waals surface area contributed by atoms with Crippen LogP contribution in [0.2, 0.25) is 0 Å². The van der Waals surface area contributed by atoms with Gasteiger partial charge in [-0.25, -0.2) is 4.98 Å². The van der Waals surface area contributed by atoms with Gasteiger partial charge in [-0.1, -0.05) is 40.2 Å². The Morgan fingerprint density at radius 3 is 2.87 bits per heavy atom. The number of anilines is 4. The first-order valence-corrected chi connectivity index (χ1v) is 8.30. The van der Waals surface area contributed by atoms with Crippen molar-refractivity contribution in [2.75, 3.05) is 16.8 Å². The molecule has 23 heavy (non-hydrogen) atoms. The number of benzene rings is 2. The first-order chi connectivity index (χ1) is 11.3. The van der Waals surface area contributed by atoms with Crippen LogP contribution >= 0.6 is 15.9 Å². The van der Waals surface area contributed by atoms with Gasteiger partial charge in [0.25, 0.3) is 0 Å². The van der Waals surface area contributed by atoms with Crippen LogP contribution in [-0.2, 0) is 6.42 Å². The third-order valence-corrected chi connectivity index (χ3v) is 4.38. The molecule has 114 valence electrons. The van der Waals surface area contributed by atoms with Crippen LogP contribution in [0.1, 0.15) is 5.56 Å². The average molecular weight is 367 g/mol. The molecule has 0 radical (unpaired) electrons. The zero-order valence-corrected chi connectivity index (χ0v) is 14.0. The Labute approximate surface area is 143 Å². The van der Waals surface area contributed by atoms with Gasteiger partial charge in [-0.05, 0) is 42.3 Å². The summed E-state index contributed by atoms with van der Waals surface area (Å²) in [5, 5.41) is 3.25. The van der Waals surface area contributed by atoms with E-state index in [4.69, 9.17) is 0 Å². The average Bonchev–Trinajstić information content (AvgIpc) is 2.99. The quantitative estimate of drug-likeness (QED) is 0.730. The van der Waals surface area contributed by atoms with Crippen molar-refractivity contribution in [3.8, 4) is 0 Å². The van der Waals surface area contributed by atoms with Crippen molar-refractivity contribution in [2.45, 2.75) is 6.42 Å². The summed E-state index contributed by atoms with van der Waals surface area (Å²) in [5.74, 6) is 1.52. The second-order valence-corrected chi connectivity index (χ2v) is 6.32. The molecule has 0 saturated carbocycles. The van der Waals surface area contributed by atoms with E-state index in [-0.39, 0.29) is 0 Å². The number of nitrogens with one attached hydrogen (secondary N) is 1. The van der Waals surface area contributed by atoms with E-state index in [1.165, 1.54) is 11.3 Å². The van der Waals surface area contributed by atoms with E-state index in [0.29, 0.717) is 5.95 Å². The van der Waals surface area contributed by atoms with Crippen molar-refractivity contribution < 1.29 is 0 Å². The normalized spacial score (nSPS) is 13.0. The second kappa shape index (κ2) is 6.01. The lowest BCUT2D eigenvalue weighted by molar-refractivity contribution is 0.966. The standard InChI is InChI=1S/C18H15BrN4/c19-14-5-3-6-15(12-14)21-18-20-10-8-17(22-18)23-11-9-13-4-1-2-7-16(13)23/h1-8,10,12H,9,11H2,(H,20,21,22). The topological polar surface area (TPSA) is 41.1 Å². The van der Waals surface area contributed by atoms with Gasteiger partial charge in [0.05, 0.1) is 0 Å². The highest BCUT2D eigenvalue weighted by atomic mass is 79.9. The molecule has 1 aliphatic heterocycles. The number of halogens is 1. The van der Waals surface area contributed by atoms with Gasteiger partial charge < -0.3 is 10.2 Å². The fourth-order valence-electron chi connectivity index (χ4n) is 2.83. The molecule has 0 atom stereocenters. The molecule has 0 aliphatic carbocycles. The Bertz CT molecular complexity index is 850. The highest BCUT2D eigenvalue weighted by Gasteiger charge is 2.20. The van der Waals surface area contributed by atoms with Gasteiger partial charge in [0.1, 0.15) is 5.82 Å². The molecule has 0 fully saturated rings. The smallest absolute Gasteiger partial charge is 0.229 e. The maximum atomic E-state index is 4.67. The predicted molar refractivity (Wildman–Crippen MR) is 96.6 cm³/mol. The number of hydrogen-bond acceptors (Lipinski definition) is 4. The summed E-state index contributed by atoms with van der Waals surface area (Å²) in [6, 6.07) is 18.4. The Morgan fingerprint density at radius 1 is 1.04 bits per heavy atom. The lowest BCUT2D eigenvalue weighted by Crippen LogP contribution is -2.15. The third-order valence-electron chi connectivity index (χ3n) is 3.89. The summed E-state index contributed by atoms with van der Waals surface area (Å²) in [5.41, 5.74) is 3.56. The van der Waals surface area contributed by atoms with Gasteiger partial charge in [-0.15, -0.1) is 0 Å². The van der Waals surface area contributed by atoms with Gasteiger partial charge in [0, 0.05) is 28.6 Å². The SMILES string of the molecule is Brc1cccc(Nc2nccc(N3CCc4ccccc43)n2)c1. The molecule has 5 heteroatoms. The summed E-state index contributed by atoms with van der Waals surface area (Å²) in [6.45, 7) is 0.951. The molecule has 0 unspecified atom stereocenters. The largest absolute Gasteiger partial charge is 0.326 e. The van der Waals surface area contributed by atoms with Crippen LogP contribution in [0.25, 0.3) is 0 Å². The highest BCUT2D eigenvalue weighted by Crippen LogP contribution is 2.33. The van der Waals surface area contributed by atoms with Crippen LogP contribution in [0, 0.1) is 0 Å². The molecule has 1 aromatic heterocycles. The van der Waals surface area contributed by atoms with Crippen molar-refractivity contribution in [1.82, 2.24) is 9.97 Å². The van der Waals surface area contributed by atoms with E-state index >= 15 is 0 Å². The molecule has 0 spiro atoms. The molecule has 4 rings (SSSR count). The van der Waals surface area contributed by atoms with Gasteiger partial charge in [-0.2, -0.15) is 4.98 Å². The van der Waals surface area contributed by atoms with Crippen LogP contribution in [0.4, 0.5) is 23.1 Å². The fourth-order valence-corrected chi connectivity index (χ4v) is 3.23. The Kier molecular flexibility index (Phi) is 3.71. The number of para-hydroxylation sites is 1. The summed E-state index contributed by atoms with van der Waals surface area (Å²) in [6.07, 6.45) is 2.85. The zero-order valence-electron chi connectivity index (χ0n) is 12.4. The number of nitrogens with zero attached hydrogens (tertiary/aromatic N) is 3. The number of fused-ring (bicyclic) bond motifs is 1. The van der Waals surface area contributed by atoms with Gasteiger partial charge in [0.15, 0.2) is 0 Å². The lowest BCUT2D eigenvalue weighted by Gasteiger charge is -2.18.